The third-order valence-electron chi connectivity index (χ3n) is 1.96. The summed E-state index contributed by atoms with van der Waals surface area (Å²) in [6, 6.07) is 7.55. The van der Waals surface area contributed by atoms with E-state index in [1.165, 1.54) is 0 Å². The van der Waals surface area contributed by atoms with Crippen molar-refractivity contribution >= 4 is 45.9 Å². The van der Waals surface area contributed by atoms with Gasteiger partial charge in [0.25, 0.3) is 0 Å². The number of nitrogens with zero attached hydrogens (tertiary/aromatic N) is 1. The summed E-state index contributed by atoms with van der Waals surface area (Å²) >= 11 is 16.9. The fourth-order valence-electron chi connectivity index (χ4n) is 1.28. The minimum atomic E-state index is -1.25. The molecule has 2 rings (SSSR count). The highest BCUT2D eigenvalue weighted by Crippen LogP contribution is 2.31. The van der Waals surface area contributed by atoms with Gasteiger partial charge in [0.05, 0.1) is 0 Å². The number of oxazole rings is 1. The van der Waals surface area contributed by atoms with E-state index < -0.39 is 3.79 Å². The van der Waals surface area contributed by atoms with Crippen molar-refractivity contribution in [3.63, 3.8) is 0 Å². The number of alkyl halides is 3. The van der Waals surface area contributed by atoms with Crippen LogP contribution in [-0.4, -0.2) is 8.78 Å². The maximum absolute atomic E-state index is 5.64. The van der Waals surface area contributed by atoms with Crippen molar-refractivity contribution in [2.45, 2.75) is 16.6 Å². The lowest BCUT2D eigenvalue weighted by molar-refractivity contribution is 0.521. The topological polar surface area (TPSA) is 26.0 Å². The van der Waals surface area contributed by atoms with E-state index in [4.69, 9.17) is 39.2 Å². The Hall–Kier alpha value is -0.440. The van der Waals surface area contributed by atoms with Crippen LogP contribution in [0.25, 0.3) is 11.1 Å². The molecule has 2 nitrogen and oxygen atoms in total. The fourth-order valence-corrected chi connectivity index (χ4v) is 1.56. The number of fused-ring (bicyclic) bond motifs is 1. The van der Waals surface area contributed by atoms with E-state index in [0.29, 0.717) is 18.7 Å². The zero-order valence-corrected chi connectivity index (χ0v) is 9.98. The first-order valence-corrected chi connectivity index (χ1v) is 5.59. The minimum Gasteiger partial charge on any atom is -0.441 e. The number of rotatable bonds is 2. The molecule has 0 bridgehead atoms. The van der Waals surface area contributed by atoms with Gasteiger partial charge >= 0.3 is 0 Å². The molecule has 80 valence electrons. The van der Waals surface area contributed by atoms with Crippen LogP contribution in [0.4, 0.5) is 0 Å². The zero-order chi connectivity index (χ0) is 10.9. The smallest absolute Gasteiger partial charge is 0.195 e. The lowest BCUT2D eigenvalue weighted by Crippen LogP contribution is -2.03. The number of aromatic nitrogens is 1. The molecule has 0 atom stereocenters. The number of para-hydroxylation sites is 2. The number of halogens is 3. The highest BCUT2D eigenvalue weighted by molar-refractivity contribution is 6.67. The van der Waals surface area contributed by atoms with E-state index in [1.807, 2.05) is 24.3 Å². The number of hydrogen-bond acceptors (Lipinski definition) is 2. The standard InChI is InChI=1S/C10H8Cl3NO/c11-10(12,13)6-5-9-14-7-3-1-2-4-8(7)15-9/h1-4H,5-6H2. The molecule has 1 aromatic carbocycles. The molecule has 0 saturated heterocycles. The molecule has 15 heavy (non-hydrogen) atoms. The van der Waals surface area contributed by atoms with Crippen molar-refractivity contribution in [3.05, 3.63) is 30.2 Å². The molecule has 0 spiro atoms. The van der Waals surface area contributed by atoms with Crippen LogP contribution in [0.3, 0.4) is 0 Å². The molecule has 0 amide bonds. The zero-order valence-electron chi connectivity index (χ0n) is 7.71. The highest BCUT2D eigenvalue weighted by atomic mass is 35.6. The predicted molar refractivity (Wildman–Crippen MR) is 62.6 cm³/mol. The lowest BCUT2D eigenvalue weighted by atomic mass is 10.3. The Morgan fingerprint density at radius 1 is 1.20 bits per heavy atom. The van der Waals surface area contributed by atoms with Gasteiger partial charge in [0, 0.05) is 12.8 Å². The van der Waals surface area contributed by atoms with Crippen molar-refractivity contribution in [1.29, 1.82) is 0 Å². The van der Waals surface area contributed by atoms with Crippen LogP contribution >= 0.6 is 34.8 Å². The monoisotopic (exact) mass is 263 g/mol. The molecule has 0 radical (unpaired) electrons. The Balaban J connectivity index is 2.16. The third kappa shape index (κ3) is 3.00. The van der Waals surface area contributed by atoms with E-state index in [9.17, 15) is 0 Å². The molecule has 0 fully saturated rings. The van der Waals surface area contributed by atoms with Crippen molar-refractivity contribution in [2.75, 3.05) is 0 Å². The first kappa shape index (κ1) is 11.1. The quantitative estimate of drug-likeness (QED) is 0.762. The van der Waals surface area contributed by atoms with Gasteiger partial charge < -0.3 is 4.42 Å². The van der Waals surface area contributed by atoms with Crippen molar-refractivity contribution in [1.82, 2.24) is 4.98 Å². The molecule has 1 heterocycles. The summed E-state index contributed by atoms with van der Waals surface area (Å²) in [6.07, 6.45) is 0.912. The van der Waals surface area contributed by atoms with Gasteiger partial charge in [-0.2, -0.15) is 0 Å². The van der Waals surface area contributed by atoms with Gasteiger partial charge in [0.15, 0.2) is 15.3 Å². The van der Waals surface area contributed by atoms with Crippen LogP contribution in [0.5, 0.6) is 0 Å². The van der Waals surface area contributed by atoms with Crippen molar-refractivity contribution in [3.8, 4) is 0 Å². The van der Waals surface area contributed by atoms with Crippen LogP contribution in [0.1, 0.15) is 12.3 Å². The van der Waals surface area contributed by atoms with E-state index in [2.05, 4.69) is 4.98 Å². The summed E-state index contributed by atoms with van der Waals surface area (Å²) in [5.41, 5.74) is 1.59. The largest absolute Gasteiger partial charge is 0.441 e. The molecule has 0 aliphatic rings. The van der Waals surface area contributed by atoms with Gasteiger partial charge in [-0.1, -0.05) is 46.9 Å². The Morgan fingerprint density at radius 3 is 2.60 bits per heavy atom. The second-order valence-electron chi connectivity index (χ2n) is 3.19. The van der Waals surface area contributed by atoms with Crippen LogP contribution in [0.15, 0.2) is 28.7 Å². The molecule has 5 heteroatoms. The molecular formula is C10H8Cl3NO. The second-order valence-corrected chi connectivity index (χ2v) is 5.71. The van der Waals surface area contributed by atoms with Crippen LogP contribution in [0.2, 0.25) is 0 Å². The van der Waals surface area contributed by atoms with Crippen LogP contribution in [-0.2, 0) is 6.42 Å². The summed E-state index contributed by atoms with van der Waals surface area (Å²) in [7, 11) is 0. The van der Waals surface area contributed by atoms with Gasteiger partial charge in [-0.25, -0.2) is 4.98 Å². The number of benzene rings is 1. The molecule has 0 unspecified atom stereocenters. The Bertz CT molecular complexity index is 428. The molecule has 1 aromatic heterocycles. The average Bonchev–Trinajstić information content (AvgIpc) is 2.56. The summed E-state index contributed by atoms with van der Waals surface area (Å²) in [6.45, 7) is 0. The lowest BCUT2D eigenvalue weighted by Gasteiger charge is -2.07. The molecular weight excluding hydrogens is 256 g/mol. The van der Waals surface area contributed by atoms with Crippen LogP contribution in [0, 0.1) is 0 Å². The van der Waals surface area contributed by atoms with E-state index in [-0.39, 0.29) is 0 Å². The fraction of sp³-hybridized carbons (Fsp3) is 0.300. The van der Waals surface area contributed by atoms with Crippen molar-refractivity contribution in [2.24, 2.45) is 0 Å². The normalized spacial score (nSPS) is 12.2. The summed E-state index contributed by atoms with van der Waals surface area (Å²) in [4.78, 5) is 4.27. The Labute approximate surface area is 102 Å². The van der Waals surface area contributed by atoms with Crippen LogP contribution < -0.4 is 0 Å². The minimum absolute atomic E-state index is 0.393. The maximum Gasteiger partial charge on any atom is 0.195 e. The van der Waals surface area contributed by atoms with Gasteiger partial charge in [-0.15, -0.1) is 0 Å². The molecule has 0 saturated carbocycles. The SMILES string of the molecule is ClC(Cl)(Cl)CCc1nc2ccccc2o1. The van der Waals surface area contributed by atoms with E-state index >= 15 is 0 Å². The average molecular weight is 265 g/mol. The third-order valence-corrected chi connectivity index (χ3v) is 2.53. The van der Waals surface area contributed by atoms with Gasteiger partial charge in [0.2, 0.25) is 0 Å². The first-order valence-electron chi connectivity index (χ1n) is 4.46. The molecule has 0 N–H and O–H groups in total. The van der Waals surface area contributed by atoms with Gasteiger partial charge in [-0.05, 0) is 12.1 Å². The summed E-state index contributed by atoms with van der Waals surface area (Å²) in [5.74, 6) is 0.600. The Kier molecular flexibility index (Phi) is 3.10. The first-order chi connectivity index (χ1) is 7.04. The predicted octanol–water partition coefficient (Wildman–Crippen LogP) is 4.13. The Morgan fingerprint density at radius 2 is 1.93 bits per heavy atom. The second kappa shape index (κ2) is 4.20. The summed E-state index contributed by atoms with van der Waals surface area (Å²) < 4.78 is 4.23. The van der Waals surface area contributed by atoms with Gasteiger partial charge in [-0.3, -0.25) is 0 Å². The maximum atomic E-state index is 5.64. The number of aryl methyl sites for hydroxylation is 1. The molecule has 2 aromatic rings. The van der Waals surface area contributed by atoms with Gasteiger partial charge in [0.1, 0.15) is 5.52 Å². The van der Waals surface area contributed by atoms with E-state index in [0.717, 1.165) is 11.1 Å². The summed E-state index contributed by atoms with van der Waals surface area (Å²) in [5, 5.41) is 0. The molecule has 0 aliphatic carbocycles. The molecule has 0 aliphatic heterocycles. The number of hydrogen-bond donors (Lipinski definition) is 0. The van der Waals surface area contributed by atoms with Crippen molar-refractivity contribution < 1.29 is 4.42 Å². The highest BCUT2D eigenvalue weighted by Gasteiger charge is 2.20. The van der Waals surface area contributed by atoms with E-state index in [1.54, 1.807) is 0 Å².